The summed E-state index contributed by atoms with van der Waals surface area (Å²) in [6.07, 6.45) is 3.18. The molecular formula is C20H24N2O3. The fraction of sp³-hybridized carbons (Fsp3) is 0.400. The molecule has 2 aromatic rings. The Balaban J connectivity index is 2.10. The summed E-state index contributed by atoms with van der Waals surface area (Å²) in [6, 6.07) is 8.25. The van der Waals surface area contributed by atoms with E-state index in [-0.39, 0.29) is 6.61 Å². The number of ether oxygens (including phenoxy) is 1. The summed E-state index contributed by atoms with van der Waals surface area (Å²) in [4.78, 5) is 26.3. The molecule has 0 radical (unpaired) electrons. The van der Waals surface area contributed by atoms with Crippen LogP contribution in [-0.2, 0) is 4.74 Å². The van der Waals surface area contributed by atoms with E-state index in [4.69, 9.17) is 4.74 Å². The van der Waals surface area contributed by atoms with Gasteiger partial charge in [0.05, 0.1) is 17.7 Å². The molecule has 0 unspecified atom stereocenters. The van der Waals surface area contributed by atoms with E-state index in [0.717, 1.165) is 36.5 Å². The first kappa shape index (κ1) is 17.3. The Morgan fingerprint density at radius 1 is 1.16 bits per heavy atom. The third-order valence-electron chi connectivity index (χ3n) is 4.85. The zero-order valence-electron chi connectivity index (χ0n) is 15.0. The van der Waals surface area contributed by atoms with Crippen molar-refractivity contribution in [3.8, 4) is 5.69 Å². The summed E-state index contributed by atoms with van der Waals surface area (Å²) in [7, 11) is 0. The Kier molecular flexibility index (Phi) is 4.93. The van der Waals surface area contributed by atoms with Gasteiger partial charge in [-0.15, -0.1) is 0 Å². The molecule has 1 aromatic carbocycles. The number of carbonyl (C=O) groups excluding carboxylic acids is 2. The maximum absolute atomic E-state index is 12.3. The summed E-state index contributed by atoms with van der Waals surface area (Å²) >= 11 is 0. The molecule has 0 bridgehead atoms. The van der Waals surface area contributed by atoms with Gasteiger partial charge >= 0.3 is 5.97 Å². The number of hydrogen-bond donors (Lipinski definition) is 0. The van der Waals surface area contributed by atoms with Gasteiger partial charge in [0.25, 0.3) is 0 Å². The fourth-order valence-electron chi connectivity index (χ4n) is 3.66. The van der Waals surface area contributed by atoms with Gasteiger partial charge in [-0.2, -0.15) is 0 Å². The van der Waals surface area contributed by atoms with Crippen molar-refractivity contribution in [3.63, 3.8) is 0 Å². The Morgan fingerprint density at radius 2 is 1.84 bits per heavy atom. The second-order valence-electron chi connectivity index (χ2n) is 6.35. The molecule has 1 aliphatic heterocycles. The van der Waals surface area contributed by atoms with Gasteiger partial charge in [-0.05, 0) is 51.8 Å². The van der Waals surface area contributed by atoms with Crippen molar-refractivity contribution in [1.29, 1.82) is 0 Å². The van der Waals surface area contributed by atoms with Crippen LogP contribution in [0.5, 0.6) is 0 Å². The molecule has 0 spiro atoms. The second-order valence-corrected chi connectivity index (χ2v) is 6.35. The molecule has 5 nitrogen and oxygen atoms in total. The summed E-state index contributed by atoms with van der Waals surface area (Å²) in [5, 5.41) is 0. The SMILES string of the molecule is CCOC(=O)c1c(C=O)c(C)n(-c2cccc(N3CCCC3)c2)c1C. The van der Waals surface area contributed by atoms with Crippen LogP contribution in [0.1, 0.15) is 51.9 Å². The summed E-state index contributed by atoms with van der Waals surface area (Å²) in [6.45, 7) is 7.90. The highest BCUT2D eigenvalue weighted by atomic mass is 16.5. The quantitative estimate of drug-likeness (QED) is 0.615. The maximum Gasteiger partial charge on any atom is 0.340 e. The van der Waals surface area contributed by atoms with Crippen LogP contribution in [0.3, 0.4) is 0 Å². The fourth-order valence-corrected chi connectivity index (χ4v) is 3.66. The minimum absolute atomic E-state index is 0.283. The average Bonchev–Trinajstić information content (AvgIpc) is 3.21. The lowest BCUT2D eigenvalue weighted by Gasteiger charge is -2.19. The standard InChI is InChI=1S/C20H24N2O3/c1-4-25-20(24)19-15(3)22(14(2)18(19)13-23)17-9-7-8-16(12-17)21-10-5-6-11-21/h7-9,12-13H,4-6,10-11H2,1-3H3. The number of aromatic nitrogens is 1. The highest BCUT2D eigenvalue weighted by Gasteiger charge is 2.24. The largest absolute Gasteiger partial charge is 0.462 e. The van der Waals surface area contributed by atoms with Crippen LogP contribution in [0.2, 0.25) is 0 Å². The van der Waals surface area contributed by atoms with E-state index in [9.17, 15) is 9.59 Å². The van der Waals surface area contributed by atoms with Crippen molar-refractivity contribution in [2.24, 2.45) is 0 Å². The third-order valence-corrected chi connectivity index (χ3v) is 4.85. The molecule has 0 amide bonds. The van der Waals surface area contributed by atoms with E-state index < -0.39 is 5.97 Å². The molecule has 1 saturated heterocycles. The molecule has 1 aliphatic rings. The van der Waals surface area contributed by atoms with Crippen molar-refractivity contribution in [2.45, 2.75) is 33.6 Å². The molecular weight excluding hydrogens is 316 g/mol. The first-order chi connectivity index (χ1) is 12.1. The number of rotatable bonds is 5. The van der Waals surface area contributed by atoms with Crippen LogP contribution < -0.4 is 4.90 Å². The number of aldehydes is 1. The number of hydrogen-bond acceptors (Lipinski definition) is 4. The smallest absolute Gasteiger partial charge is 0.340 e. The predicted molar refractivity (Wildman–Crippen MR) is 98.0 cm³/mol. The average molecular weight is 340 g/mol. The van der Waals surface area contributed by atoms with E-state index >= 15 is 0 Å². The van der Waals surface area contributed by atoms with Crippen molar-refractivity contribution >= 4 is 17.9 Å². The summed E-state index contributed by atoms with van der Waals surface area (Å²) in [5.41, 5.74) is 4.39. The molecule has 1 fully saturated rings. The molecule has 0 aliphatic carbocycles. The van der Waals surface area contributed by atoms with Crippen molar-refractivity contribution in [1.82, 2.24) is 4.57 Å². The lowest BCUT2D eigenvalue weighted by molar-refractivity contribution is 0.0523. The number of esters is 1. The first-order valence-electron chi connectivity index (χ1n) is 8.78. The Bertz CT molecular complexity index is 802. The highest BCUT2D eigenvalue weighted by Crippen LogP contribution is 2.29. The van der Waals surface area contributed by atoms with Crippen LogP contribution in [0.15, 0.2) is 24.3 Å². The van der Waals surface area contributed by atoms with Gasteiger partial charge in [0.15, 0.2) is 6.29 Å². The van der Waals surface area contributed by atoms with Gasteiger partial charge in [-0.1, -0.05) is 6.07 Å². The monoisotopic (exact) mass is 340 g/mol. The lowest BCUT2D eigenvalue weighted by Crippen LogP contribution is -2.17. The minimum atomic E-state index is -0.445. The van der Waals surface area contributed by atoms with Gasteiger partial charge < -0.3 is 14.2 Å². The summed E-state index contributed by atoms with van der Waals surface area (Å²) < 4.78 is 7.11. The van der Waals surface area contributed by atoms with Gasteiger partial charge in [0.1, 0.15) is 0 Å². The van der Waals surface area contributed by atoms with Crippen LogP contribution in [0.25, 0.3) is 5.69 Å². The van der Waals surface area contributed by atoms with Gasteiger partial charge in [0.2, 0.25) is 0 Å². The van der Waals surface area contributed by atoms with Crippen LogP contribution in [0.4, 0.5) is 5.69 Å². The number of benzene rings is 1. The number of nitrogens with zero attached hydrogens (tertiary/aromatic N) is 2. The van der Waals surface area contributed by atoms with E-state index in [1.807, 2.05) is 30.5 Å². The van der Waals surface area contributed by atoms with Crippen LogP contribution >= 0.6 is 0 Å². The van der Waals surface area contributed by atoms with E-state index in [0.29, 0.717) is 11.1 Å². The van der Waals surface area contributed by atoms with E-state index in [1.54, 1.807) is 6.92 Å². The third kappa shape index (κ3) is 3.06. The topological polar surface area (TPSA) is 51.5 Å². The van der Waals surface area contributed by atoms with Crippen LogP contribution in [-0.4, -0.2) is 36.5 Å². The zero-order chi connectivity index (χ0) is 18.0. The van der Waals surface area contributed by atoms with E-state index in [1.165, 1.54) is 18.5 Å². The van der Waals surface area contributed by atoms with E-state index in [2.05, 4.69) is 17.0 Å². The lowest BCUT2D eigenvalue weighted by atomic mass is 10.1. The molecule has 132 valence electrons. The Hall–Kier alpha value is -2.56. The molecule has 3 rings (SSSR count). The van der Waals surface area contributed by atoms with Gasteiger partial charge in [-0.3, -0.25) is 4.79 Å². The highest BCUT2D eigenvalue weighted by molar-refractivity contribution is 6.00. The normalized spacial score (nSPS) is 14.0. The zero-order valence-corrected chi connectivity index (χ0v) is 15.0. The molecule has 1 aromatic heterocycles. The molecule has 0 atom stereocenters. The predicted octanol–water partition coefficient (Wildman–Crippen LogP) is 3.68. The molecule has 0 N–H and O–H groups in total. The van der Waals surface area contributed by atoms with Crippen molar-refractivity contribution in [2.75, 3.05) is 24.6 Å². The Morgan fingerprint density at radius 3 is 2.48 bits per heavy atom. The van der Waals surface area contributed by atoms with Gasteiger partial charge in [-0.25, -0.2) is 4.79 Å². The molecule has 0 saturated carbocycles. The molecule has 5 heteroatoms. The maximum atomic E-state index is 12.3. The number of carbonyl (C=O) groups is 2. The first-order valence-corrected chi connectivity index (χ1v) is 8.78. The van der Waals surface area contributed by atoms with Crippen LogP contribution in [0, 0.1) is 13.8 Å². The Labute approximate surface area is 148 Å². The molecule has 2 heterocycles. The van der Waals surface area contributed by atoms with Crippen molar-refractivity contribution < 1.29 is 14.3 Å². The van der Waals surface area contributed by atoms with Gasteiger partial charge in [0, 0.05) is 35.9 Å². The number of anilines is 1. The second kappa shape index (κ2) is 7.13. The minimum Gasteiger partial charge on any atom is -0.462 e. The van der Waals surface area contributed by atoms with Crippen molar-refractivity contribution in [3.05, 3.63) is 46.8 Å². The summed E-state index contributed by atoms with van der Waals surface area (Å²) in [5.74, 6) is -0.445. The molecule has 25 heavy (non-hydrogen) atoms.